The maximum atomic E-state index is 11.0. The maximum absolute atomic E-state index is 11.0. The summed E-state index contributed by atoms with van der Waals surface area (Å²) in [6, 6.07) is 1.99. The highest BCUT2D eigenvalue weighted by atomic mass is 79.9. The highest BCUT2D eigenvalue weighted by Crippen LogP contribution is 2.29. The van der Waals surface area contributed by atoms with Crippen LogP contribution in [0, 0.1) is 5.41 Å². The number of hydrogen-bond acceptors (Lipinski definition) is 3. The molecule has 0 amide bonds. The predicted octanol–water partition coefficient (Wildman–Crippen LogP) is 3.06. The fraction of sp³-hybridized carbons (Fsp3) is 0.500. The topological polar surface area (TPSA) is 40.5 Å². The summed E-state index contributed by atoms with van der Waals surface area (Å²) >= 11 is 4.97. The Morgan fingerprint density at radius 3 is 2.67 bits per heavy atom. The Morgan fingerprint density at radius 2 is 2.27 bits per heavy atom. The van der Waals surface area contributed by atoms with Gasteiger partial charge < -0.3 is 10.0 Å². The first-order valence-corrected chi connectivity index (χ1v) is 6.19. The highest BCUT2D eigenvalue weighted by molar-refractivity contribution is 9.10. The summed E-state index contributed by atoms with van der Waals surface area (Å²) in [5.41, 5.74) is -0.731. The van der Waals surface area contributed by atoms with Crippen molar-refractivity contribution < 1.29 is 9.90 Å². The van der Waals surface area contributed by atoms with Crippen molar-refractivity contribution in [2.24, 2.45) is 5.41 Å². The molecule has 0 aliphatic heterocycles. The lowest BCUT2D eigenvalue weighted by Crippen LogP contribution is -2.36. The summed E-state index contributed by atoms with van der Waals surface area (Å²) in [6.07, 6.45) is 0. The second-order valence-corrected chi connectivity index (χ2v) is 5.95. The number of carboxylic acids is 1. The van der Waals surface area contributed by atoms with Gasteiger partial charge in [-0.15, -0.1) is 11.3 Å². The van der Waals surface area contributed by atoms with Crippen LogP contribution in [0.15, 0.2) is 15.9 Å². The van der Waals surface area contributed by atoms with Gasteiger partial charge in [-0.3, -0.25) is 4.79 Å². The number of carboxylic acid groups (broad SMARTS) is 1. The average molecular weight is 292 g/mol. The van der Waals surface area contributed by atoms with Gasteiger partial charge >= 0.3 is 5.97 Å². The minimum absolute atomic E-state index is 0.495. The lowest BCUT2D eigenvalue weighted by molar-refractivity contribution is -0.146. The van der Waals surface area contributed by atoms with Gasteiger partial charge in [-0.25, -0.2) is 0 Å². The zero-order valence-corrected chi connectivity index (χ0v) is 11.4. The van der Waals surface area contributed by atoms with Gasteiger partial charge in [0.2, 0.25) is 0 Å². The highest BCUT2D eigenvalue weighted by Gasteiger charge is 2.29. The van der Waals surface area contributed by atoms with Crippen molar-refractivity contribution >= 4 is 38.2 Å². The van der Waals surface area contributed by atoms with Crippen LogP contribution in [-0.4, -0.2) is 24.7 Å². The molecule has 0 saturated heterocycles. The monoisotopic (exact) mass is 291 g/mol. The van der Waals surface area contributed by atoms with Crippen LogP contribution in [0.5, 0.6) is 0 Å². The van der Waals surface area contributed by atoms with Gasteiger partial charge in [0, 0.05) is 23.4 Å². The van der Waals surface area contributed by atoms with E-state index < -0.39 is 11.4 Å². The van der Waals surface area contributed by atoms with Crippen LogP contribution < -0.4 is 4.90 Å². The van der Waals surface area contributed by atoms with Gasteiger partial charge in [0.05, 0.1) is 10.4 Å². The van der Waals surface area contributed by atoms with Gasteiger partial charge in [-0.2, -0.15) is 0 Å². The first-order valence-electron chi connectivity index (χ1n) is 4.51. The van der Waals surface area contributed by atoms with Crippen LogP contribution >= 0.6 is 27.3 Å². The Kier molecular flexibility index (Phi) is 3.78. The molecule has 0 aliphatic rings. The first-order chi connectivity index (χ1) is 6.83. The average Bonchev–Trinajstić information content (AvgIpc) is 2.50. The van der Waals surface area contributed by atoms with E-state index >= 15 is 0 Å². The molecule has 0 atom stereocenters. The van der Waals surface area contributed by atoms with Gasteiger partial charge in [-0.1, -0.05) is 0 Å². The van der Waals surface area contributed by atoms with Gasteiger partial charge in [0.15, 0.2) is 0 Å². The van der Waals surface area contributed by atoms with E-state index in [2.05, 4.69) is 15.9 Å². The molecular formula is C10H14BrNO2S. The van der Waals surface area contributed by atoms with E-state index in [9.17, 15) is 4.79 Å². The fourth-order valence-corrected chi connectivity index (χ4v) is 2.63. The standard InChI is InChI=1S/C10H14BrNO2S/c1-10(2,9(13)14)6-12(3)8-4-7(11)5-15-8/h4-5H,6H2,1-3H3,(H,13,14). The third-order valence-corrected chi connectivity index (χ3v) is 3.94. The molecule has 0 spiro atoms. The second kappa shape index (κ2) is 4.53. The quantitative estimate of drug-likeness (QED) is 0.927. The number of nitrogens with zero attached hydrogens (tertiary/aromatic N) is 1. The number of aliphatic carboxylic acids is 1. The summed E-state index contributed by atoms with van der Waals surface area (Å²) in [5.74, 6) is -0.773. The molecule has 0 radical (unpaired) electrons. The summed E-state index contributed by atoms with van der Waals surface area (Å²) in [5, 5.41) is 12.1. The second-order valence-electron chi connectivity index (χ2n) is 4.15. The van der Waals surface area contributed by atoms with Crippen molar-refractivity contribution in [1.29, 1.82) is 0 Å². The number of anilines is 1. The third-order valence-electron chi connectivity index (χ3n) is 2.14. The van der Waals surface area contributed by atoms with Gasteiger partial charge in [0.1, 0.15) is 0 Å². The van der Waals surface area contributed by atoms with E-state index in [0.29, 0.717) is 6.54 Å². The van der Waals surface area contributed by atoms with Gasteiger partial charge in [-0.05, 0) is 35.8 Å². The van der Waals surface area contributed by atoms with E-state index in [4.69, 9.17) is 5.11 Å². The smallest absolute Gasteiger partial charge is 0.310 e. The Balaban J connectivity index is 2.71. The molecule has 3 nitrogen and oxygen atoms in total. The molecule has 0 unspecified atom stereocenters. The minimum atomic E-state index is -0.773. The molecular weight excluding hydrogens is 278 g/mol. The molecule has 0 fully saturated rings. The molecule has 5 heteroatoms. The number of thiophene rings is 1. The fourth-order valence-electron chi connectivity index (χ4n) is 1.24. The molecule has 1 N–H and O–H groups in total. The van der Waals surface area contributed by atoms with Crippen molar-refractivity contribution in [3.05, 3.63) is 15.9 Å². The molecule has 0 bridgehead atoms. The van der Waals surface area contributed by atoms with Crippen molar-refractivity contribution in [2.75, 3.05) is 18.5 Å². The molecule has 84 valence electrons. The predicted molar refractivity (Wildman–Crippen MR) is 66.7 cm³/mol. The van der Waals surface area contributed by atoms with Crippen molar-refractivity contribution in [1.82, 2.24) is 0 Å². The summed E-state index contributed by atoms with van der Waals surface area (Å²) in [6.45, 7) is 3.96. The molecule has 0 saturated carbocycles. The minimum Gasteiger partial charge on any atom is -0.481 e. The van der Waals surface area contributed by atoms with Crippen LogP contribution in [0.2, 0.25) is 0 Å². The maximum Gasteiger partial charge on any atom is 0.310 e. The summed E-state index contributed by atoms with van der Waals surface area (Å²) < 4.78 is 1.03. The zero-order chi connectivity index (χ0) is 11.6. The largest absolute Gasteiger partial charge is 0.481 e. The summed E-state index contributed by atoms with van der Waals surface area (Å²) in [4.78, 5) is 12.9. The van der Waals surface area contributed by atoms with E-state index in [1.807, 2.05) is 23.4 Å². The van der Waals surface area contributed by atoms with E-state index in [1.165, 1.54) is 0 Å². The van der Waals surface area contributed by atoms with Crippen LogP contribution in [0.1, 0.15) is 13.8 Å². The Morgan fingerprint density at radius 1 is 1.67 bits per heavy atom. The number of hydrogen-bond donors (Lipinski definition) is 1. The molecule has 1 aromatic rings. The van der Waals surface area contributed by atoms with Crippen LogP contribution in [0.3, 0.4) is 0 Å². The Labute approximate surface area is 102 Å². The molecule has 15 heavy (non-hydrogen) atoms. The molecule has 0 aromatic carbocycles. The Bertz CT molecular complexity index is 362. The van der Waals surface area contributed by atoms with Crippen molar-refractivity contribution in [3.63, 3.8) is 0 Å². The van der Waals surface area contributed by atoms with Crippen LogP contribution in [0.25, 0.3) is 0 Å². The first kappa shape index (κ1) is 12.5. The molecule has 1 rings (SSSR count). The molecule has 1 aromatic heterocycles. The van der Waals surface area contributed by atoms with Gasteiger partial charge in [0.25, 0.3) is 0 Å². The van der Waals surface area contributed by atoms with E-state index in [-0.39, 0.29) is 0 Å². The molecule has 0 aliphatic carbocycles. The molecule has 1 heterocycles. The van der Waals surface area contributed by atoms with Crippen LogP contribution in [0.4, 0.5) is 5.00 Å². The zero-order valence-electron chi connectivity index (χ0n) is 8.95. The lowest BCUT2D eigenvalue weighted by atomic mass is 9.93. The number of halogens is 1. The number of carbonyl (C=O) groups is 1. The number of rotatable bonds is 4. The van der Waals surface area contributed by atoms with Crippen molar-refractivity contribution in [2.45, 2.75) is 13.8 Å². The third kappa shape index (κ3) is 3.21. The van der Waals surface area contributed by atoms with E-state index in [1.54, 1.807) is 25.2 Å². The SMILES string of the molecule is CN(CC(C)(C)C(=O)O)c1cc(Br)cs1. The normalized spacial score (nSPS) is 11.5. The van der Waals surface area contributed by atoms with Crippen LogP contribution in [-0.2, 0) is 4.79 Å². The Hall–Kier alpha value is -0.550. The summed E-state index contributed by atoms with van der Waals surface area (Å²) in [7, 11) is 1.91. The van der Waals surface area contributed by atoms with Crippen molar-refractivity contribution in [3.8, 4) is 0 Å². The lowest BCUT2D eigenvalue weighted by Gasteiger charge is -2.26. The van der Waals surface area contributed by atoms with E-state index in [0.717, 1.165) is 9.47 Å².